The van der Waals surface area contributed by atoms with E-state index >= 15 is 0 Å². The zero-order chi connectivity index (χ0) is 15.6. The van der Waals surface area contributed by atoms with E-state index in [1.54, 1.807) is 6.07 Å². The van der Waals surface area contributed by atoms with Crippen LogP contribution in [0.5, 0.6) is 11.5 Å². The van der Waals surface area contributed by atoms with Gasteiger partial charge in [0.2, 0.25) is 5.75 Å². The van der Waals surface area contributed by atoms with Crippen molar-refractivity contribution in [2.24, 2.45) is 0 Å². The smallest absolute Gasteiger partial charge is 0.339 e. The number of ether oxygens (including phenoxy) is 1. The molecular weight excluding hydrogens is 413 g/mol. The summed E-state index contributed by atoms with van der Waals surface area (Å²) in [5.41, 5.74) is -0.495. The topological polar surface area (TPSA) is 89.7 Å². The van der Waals surface area contributed by atoms with E-state index in [1.807, 2.05) is 22.6 Å². The molecule has 1 N–H and O–H groups in total. The van der Waals surface area contributed by atoms with Crippen LogP contribution in [0.1, 0.15) is 10.4 Å². The monoisotopic (exact) mass is 419 g/mol. The number of carboxylic acids is 1. The van der Waals surface area contributed by atoms with Crippen molar-refractivity contribution in [3.05, 3.63) is 60.7 Å². The molecule has 0 aliphatic carbocycles. The third-order valence-corrected chi connectivity index (χ3v) is 3.50. The highest BCUT2D eigenvalue weighted by Gasteiger charge is 2.22. The second-order valence-corrected chi connectivity index (χ2v) is 5.54. The van der Waals surface area contributed by atoms with Crippen molar-refractivity contribution in [2.75, 3.05) is 0 Å². The van der Waals surface area contributed by atoms with Gasteiger partial charge in [0, 0.05) is 3.57 Å². The van der Waals surface area contributed by atoms with Crippen LogP contribution in [0.15, 0.2) is 36.4 Å². The minimum Gasteiger partial charge on any atom is -0.478 e. The van der Waals surface area contributed by atoms with Crippen LogP contribution in [-0.4, -0.2) is 16.0 Å². The molecule has 0 saturated carbocycles. The Morgan fingerprint density at radius 1 is 1.29 bits per heavy atom. The molecule has 0 amide bonds. The summed E-state index contributed by atoms with van der Waals surface area (Å²) < 4.78 is 6.10. The molecule has 0 heterocycles. The Bertz CT molecular complexity index is 734. The van der Waals surface area contributed by atoms with Crippen LogP contribution in [0, 0.1) is 13.7 Å². The summed E-state index contributed by atoms with van der Waals surface area (Å²) in [6.45, 7) is 0. The number of carboxylic acid groups (broad SMARTS) is 1. The quantitative estimate of drug-likeness (QED) is 0.452. The minimum absolute atomic E-state index is 0.00767. The number of aromatic carboxylic acids is 1. The second kappa shape index (κ2) is 6.27. The van der Waals surface area contributed by atoms with E-state index in [-0.39, 0.29) is 22.1 Å². The molecule has 0 atom stereocenters. The van der Waals surface area contributed by atoms with E-state index in [4.69, 9.17) is 21.4 Å². The highest BCUT2D eigenvalue weighted by atomic mass is 127. The van der Waals surface area contributed by atoms with Crippen LogP contribution in [0.3, 0.4) is 0 Å². The number of rotatable bonds is 4. The van der Waals surface area contributed by atoms with Gasteiger partial charge in [0.25, 0.3) is 0 Å². The molecule has 8 heteroatoms. The van der Waals surface area contributed by atoms with Gasteiger partial charge < -0.3 is 9.84 Å². The molecular formula is C13H7ClINO5. The van der Waals surface area contributed by atoms with Gasteiger partial charge in [0.05, 0.1) is 4.92 Å². The average molecular weight is 420 g/mol. The van der Waals surface area contributed by atoms with E-state index in [0.29, 0.717) is 3.57 Å². The zero-order valence-electron chi connectivity index (χ0n) is 10.2. The van der Waals surface area contributed by atoms with E-state index in [1.165, 1.54) is 30.3 Å². The van der Waals surface area contributed by atoms with Gasteiger partial charge in [0.15, 0.2) is 0 Å². The molecule has 0 aromatic heterocycles. The third-order valence-electron chi connectivity index (χ3n) is 2.52. The molecule has 2 aromatic carbocycles. The minimum atomic E-state index is -1.19. The first kappa shape index (κ1) is 15.5. The Balaban J connectivity index is 2.51. The lowest BCUT2D eigenvalue weighted by atomic mass is 10.2. The fourth-order valence-electron chi connectivity index (χ4n) is 1.63. The lowest BCUT2D eigenvalue weighted by Gasteiger charge is -2.10. The van der Waals surface area contributed by atoms with Crippen molar-refractivity contribution in [1.82, 2.24) is 0 Å². The molecule has 0 saturated heterocycles. The van der Waals surface area contributed by atoms with Crippen molar-refractivity contribution in [3.8, 4) is 11.5 Å². The predicted octanol–water partition coefficient (Wildman–Crippen LogP) is 4.34. The lowest BCUT2D eigenvalue weighted by molar-refractivity contribution is -0.385. The maximum Gasteiger partial charge on any atom is 0.339 e. The molecule has 108 valence electrons. The second-order valence-electron chi connectivity index (χ2n) is 3.89. The van der Waals surface area contributed by atoms with E-state index in [2.05, 4.69) is 0 Å². The molecule has 0 spiro atoms. The molecule has 0 bridgehead atoms. The zero-order valence-corrected chi connectivity index (χ0v) is 13.2. The van der Waals surface area contributed by atoms with Crippen LogP contribution in [0.2, 0.25) is 5.02 Å². The number of para-hydroxylation sites is 1. The van der Waals surface area contributed by atoms with Crippen LogP contribution >= 0.6 is 34.2 Å². The predicted molar refractivity (Wildman–Crippen MR) is 84.3 cm³/mol. The molecule has 0 unspecified atom stereocenters. The normalized spacial score (nSPS) is 10.2. The number of benzene rings is 2. The maximum atomic E-state index is 11.2. The Morgan fingerprint density at radius 2 is 2.00 bits per heavy atom. The number of nitrogens with zero attached hydrogens (tertiary/aromatic N) is 1. The molecule has 6 nitrogen and oxygen atoms in total. The van der Waals surface area contributed by atoms with Crippen molar-refractivity contribution < 1.29 is 19.6 Å². The van der Waals surface area contributed by atoms with Crippen LogP contribution < -0.4 is 4.74 Å². The summed E-state index contributed by atoms with van der Waals surface area (Å²) in [7, 11) is 0. The Morgan fingerprint density at radius 3 is 2.62 bits per heavy atom. The number of carbonyl (C=O) groups is 1. The van der Waals surface area contributed by atoms with Crippen molar-refractivity contribution >= 4 is 45.8 Å². The van der Waals surface area contributed by atoms with E-state index in [0.717, 1.165) is 0 Å². The molecule has 2 aromatic rings. The molecule has 2 rings (SSSR count). The van der Waals surface area contributed by atoms with E-state index < -0.39 is 16.6 Å². The van der Waals surface area contributed by atoms with Crippen molar-refractivity contribution in [3.63, 3.8) is 0 Å². The summed E-state index contributed by atoms with van der Waals surface area (Å²) in [6.07, 6.45) is 0. The summed E-state index contributed by atoms with van der Waals surface area (Å²) in [5.74, 6) is -1.29. The Hall–Kier alpha value is -1.87. The largest absolute Gasteiger partial charge is 0.478 e. The summed E-state index contributed by atoms with van der Waals surface area (Å²) in [5, 5.41) is 20.1. The first-order chi connectivity index (χ1) is 9.90. The van der Waals surface area contributed by atoms with Gasteiger partial charge in [-0.2, -0.15) is 0 Å². The molecule has 0 aliphatic heterocycles. The number of hydrogen-bond donors (Lipinski definition) is 1. The Kier molecular flexibility index (Phi) is 4.63. The third kappa shape index (κ3) is 3.42. The maximum absolute atomic E-state index is 11.2. The van der Waals surface area contributed by atoms with E-state index in [9.17, 15) is 14.9 Å². The molecule has 21 heavy (non-hydrogen) atoms. The highest BCUT2D eigenvalue weighted by Crippen LogP contribution is 2.38. The van der Waals surface area contributed by atoms with Gasteiger partial charge in [-0.25, -0.2) is 4.79 Å². The van der Waals surface area contributed by atoms with Gasteiger partial charge in [0.1, 0.15) is 16.3 Å². The first-order valence-corrected chi connectivity index (χ1v) is 6.99. The molecule has 0 aliphatic rings. The SMILES string of the molecule is O=C(O)c1cc(I)ccc1Oc1cccc(Cl)c1[N+](=O)[O-]. The van der Waals surface area contributed by atoms with Crippen molar-refractivity contribution in [1.29, 1.82) is 0 Å². The number of halogens is 2. The fraction of sp³-hybridized carbons (Fsp3) is 0. The first-order valence-electron chi connectivity index (χ1n) is 5.53. The molecule has 0 fully saturated rings. The van der Waals surface area contributed by atoms with Gasteiger partial charge in [-0.1, -0.05) is 17.7 Å². The molecule has 0 radical (unpaired) electrons. The lowest BCUT2D eigenvalue weighted by Crippen LogP contribution is -2.02. The number of nitro benzene ring substituents is 1. The number of nitro groups is 1. The van der Waals surface area contributed by atoms with Crippen LogP contribution in [-0.2, 0) is 0 Å². The average Bonchev–Trinajstić information content (AvgIpc) is 2.40. The Labute approximate surface area is 137 Å². The van der Waals surface area contributed by atoms with Gasteiger partial charge in [-0.3, -0.25) is 10.1 Å². The highest BCUT2D eigenvalue weighted by molar-refractivity contribution is 14.1. The van der Waals surface area contributed by atoms with Crippen LogP contribution in [0.25, 0.3) is 0 Å². The fourth-order valence-corrected chi connectivity index (χ4v) is 2.36. The van der Waals surface area contributed by atoms with Crippen LogP contribution in [0.4, 0.5) is 5.69 Å². The number of hydrogen-bond acceptors (Lipinski definition) is 4. The van der Waals surface area contributed by atoms with Gasteiger partial charge >= 0.3 is 11.7 Å². The standard InChI is InChI=1S/C13H7ClINO5/c14-9-2-1-3-11(12(9)16(19)20)21-10-5-4-7(15)6-8(10)13(17)18/h1-6H,(H,17,18). The summed E-state index contributed by atoms with van der Waals surface area (Å²) in [6, 6.07) is 8.69. The van der Waals surface area contributed by atoms with Gasteiger partial charge in [-0.15, -0.1) is 0 Å². The van der Waals surface area contributed by atoms with Gasteiger partial charge in [-0.05, 0) is 52.9 Å². The summed E-state index contributed by atoms with van der Waals surface area (Å²) >= 11 is 7.74. The van der Waals surface area contributed by atoms with Crippen molar-refractivity contribution in [2.45, 2.75) is 0 Å². The summed E-state index contributed by atoms with van der Waals surface area (Å²) in [4.78, 5) is 21.6.